The molecule has 0 spiro atoms. The Kier molecular flexibility index (Phi) is 7.63. The summed E-state index contributed by atoms with van der Waals surface area (Å²) < 4.78 is 0. The van der Waals surface area contributed by atoms with Gasteiger partial charge in [-0.05, 0) is 31.8 Å². The largest absolute Gasteiger partial charge is 0.481 e. The number of aliphatic hydroxyl groups excluding tert-OH is 1. The van der Waals surface area contributed by atoms with Crippen LogP contribution in [0.25, 0.3) is 0 Å². The summed E-state index contributed by atoms with van der Waals surface area (Å²) in [7, 11) is 0. The lowest BCUT2D eigenvalue weighted by Gasteiger charge is -2.10. The van der Waals surface area contributed by atoms with Crippen molar-refractivity contribution in [1.82, 2.24) is 5.32 Å². The molecule has 0 aromatic carbocycles. The van der Waals surface area contributed by atoms with Gasteiger partial charge in [-0.2, -0.15) is 0 Å². The number of rotatable bonds is 8. The zero-order valence-corrected chi connectivity index (χ0v) is 8.12. The van der Waals surface area contributed by atoms with Crippen molar-refractivity contribution in [2.75, 3.05) is 19.7 Å². The average Bonchev–Trinajstić information content (AvgIpc) is 2.03. The van der Waals surface area contributed by atoms with Crippen LogP contribution in [0.1, 0.15) is 26.2 Å². The first-order chi connectivity index (χ1) is 6.16. The van der Waals surface area contributed by atoms with Gasteiger partial charge >= 0.3 is 5.97 Å². The summed E-state index contributed by atoms with van der Waals surface area (Å²) in [5.74, 6) is -0.292. The molecule has 0 aromatic heterocycles. The number of aliphatic carboxylic acids is 1. The van der Waals surface area contributed by atoms with Gasteiger partial charge in [-0.1, -0.05) is 6.92 Å². The first-order valence-electron chi connectivity index (χ1n) is 4.70. The fourth-order valence-corrected chi connectivity index (χ4v) is 1.04. The van der Waals surface area contributed by atoms with Crippen LogP contribution in [0.15, 0.2) is 0 Å². The first kappa shape index (κ1) is 12.4. The van der Waals surface area contributed by atoms with Crippen LogP contribution < -0.4 is 5.32 Å². The Morgan fingerprint density at radius 2 is 2.23 bits per heavy atom. The van der Waals surface area contributed by atoms with Gasteiger partial charge in [-0.3, -0.25) is 4.79 Å². The van der Waals surface area contributed by atoms with Crippen molar-refractivity contribution in [2.24, 2.45) is 5.92 Å². The minimum atomic E-state index is -0.745. The predicted octanol–water partition coefficient (Wildman–Crippen LogP) is 0.459. The summed E-state index contributed by atoms with van der Waals surface area (Å²) in [6, 6.07) is 0. The summed E-state index contributed by atoms with van der Waals surface area (Å²) in [6.45, 7) is 3.86. The summed E-state index contributed by atoms with van der Waals surface area (Å²) in [5.41, 5.74) is 0. The van der Waals surface area contributed by atoms with Crippen LogP contribution in [0.2, 0.25) is 0 Å². The highest BCUT2D eigenvalue weighted by molar-refractivity contribution is 5.66. The van der Waals surface area contributed by atoms with Crippen LogP contribution in [0, 0.1) is 5.92 Å². The SMILES string of the molecule is CC(CCO)CNCCCC(=O)O. The molecule has 0 aliphatic rings. The van der Waals surface area contributed by atoms with Gasteiger partial charge in [0.25, 0.3) is 0 Å². The molecule has 13 heavy (non-hydrogen) atoms. The Labute approximate surface area is 79.0 Å². The van der Waals surface area contributed by atoms with E-state index in [2.05, 4.69) is 12.2 Å². The van der Waals surface area contributed by atoms with Crippen molar-refractivity contribution in [3.63, 3.8) is 0 Å². The molecule has 0 rings (SSSR count). The first-order valence-corrected chi connectivity index (χ1v) is 4.70. The molecule has 0 aliphatic carbocycles. The van der Waals surface area contributed by atoms with Crippen molar-refractivity contribution in [3.05, 3.63) is 0 Å². The number of aliphatic hydroxyl groups is 1. The molecule has 0 radical (unpaired) electrons. The summed E-state index contributed by atoms with van der Waals surface area (Å²) in [4.78, 5) is 10.1. The maximum Gasteiger partial charge on any atom is 0.303 e. The lowest BCUT2D eigenvalue weighted by atomic mass is 10.1. The average molecular weight is 189 g/mol. The van der Waals surface area contributed by atoms with Crippen molar-refractivity contribution in [2.45, 2.75) is 26.2 Å². The number of carbonyl (C=O) groups is 1. The summed E-state index contributed by atoms with van der Waals surface area (Å²) >= 11 is 0. The quantitative estimate of drug-likeness (QED) is 0.485. The highest BCUT2D eigenvalue weighted by Gasteiger charge is 2.00. The topological polar surface area (TPSA) is 69.6 Å². The van der Waals surface area contributed by atoms with Crippen LogP contribution in [0.4, 0.5) is 0 Å². The fraction of sp³-hybridized carbons (Fsp3) is 0.889. The molecule has 0 bridgehead atoms. The van der Waals surface area contributed by atoms with E-state index in [-0.39, 0.29) is 13.0 Å². The predicted molar refractivity (Wildman–Crippen MR) is 50.6 cm³/mol. The van der Waals surface area contributed by atoms with E-state index < -0.39 is 5.97 Å². The van der Waals surface area contributed by atoms with E-state index in [0.717, 1.165) is 19.5 Å². The number of carboxylic acid groups (broad SMARTS) is 1. The second-order valence-corrected chi connectivity index (χ2v) is 3.32. The minimum absolute atomic E-state index is 0.220. The summed E-state index contributed by atoms with van der Waals surface area (Å²) in [6.07, 6.45) is 1.69. The number of carboxylic acids is 1. The molecule has 3 N–H and O–H groups in total. The van der Waals surface area contributed by atoms with Crippen LogP contribution in [0.5, 0.6) is 0 Å². The molecule has 78 valence electrons. The Bertz CT molecular complexity index is 139. The molecule has 1 atom stereocenters. The molecule has 1 unspecified atom stereocenters. The molecular formula is C9H19NO3. The van der Waals surface area contributed by atoms with Crippen LogP contribution >= 0.6 is 0 Å². The Hall–Kier alpha value is -0.610. The number of nitrogens with one attached hydrogen (secondary N) is 1. The lowest BCUT2D eigenvalue weighted by Crippen LogP contribution is -2.23. The zero-order chi connectivity index (χ0) is 10.1. The van der Waals surface area contributed by atoms with Gasteiger partial charge in [-0.25, -0.2) is 0 Å². The van der Waals surface area contributed by atoms with Crippen molar-refractivity contribution in [1.29, 1.82) is 0 Å². The molecule has 0 heterocycles. The van der Waals surface area contributed by atoms with E-state index in [1.807, 2.05) is 0 Å². The van der Waals surface area contributed by atoms with Crippen molar-refractivity contribution < 1.29 is 15.0 Å². The van der Waals surface area contributed by atoms with Gasteiger partial charge in [-0.15, -0.1) is 0 Å². The Morgan fingerprint density at radius 3 is 2.77 bits per heavy atom. The van der Waals surface area contributed by atoms with E-state index in [1.54, 1.807) is 0 Å². The molecule has 0 aromatic rings. The lowest BCUT2D eigenvalue weighted by molar-refractivity contribution is -0.137. The van der Waals surface area contributed by atoms with Gasteiger partial charge in [0.15, 0.2) is 0 Å². The smallest absolute Gasteiger partial charge is 0.303 e. The van der Waals surface area contributed by atoms with E-state index in [4.69, 9.17) is 10.2 Å². The Balaban J connectivity index is 3.11. The van der Waals surface area contributed by atoms with Gasteiger partial charge in [0.05, 0.1) is 0 Å². The highest BCUT2D eigenvalue weighted by Crippen LogP contribution is 1.97. The maximum absolute atomic E-state index is 10.1. The number of hydrogen-bond donors (Lipinski definition) is 3. The van der Waals surface area contributed by atoms with Gasteiger partial charge in [0.1, 0.15) is 0 Å². The van der Waals surface area contributed by atoms with Crippen molar-refractivity contribution >= 4 is 5.97 Å². The Morgan fingerprint density at radius 1 is 1.54 bits per heavy atom. The van der Waals surface area contributed by atoms with Crippen LogP contribution in [-0.4, -0.2) is 35.9 Å². The van der Waals surface area contributed by atoms with E-state index in [0.29, 0.717) is 12.3 Å². The number of hydrogen-bond acceptors (Lipinski definition) is 3. The molecule has 0 saturated heterocycles. The van der Waals surface area contributed by atoms with E-state index in [1.165, 1.54) is 0 Å². The normalized spacial score (nSPS) is 12.8. The molecular weight excluding hydrogens is 170 g/mol. The van der Waals surface area contributed by atoms with Gasteiger partial charge in [0.2, 0.25) is 0 Å². The molecule has 0 fully saturated rings. The van der Waals surface area contributed by atoms with Crippen LogP contribution in [0.3, 0.4) is 0 Å². The monoisotopic (exact) mass is 189 g/mol. The second kappa shape index (κ2) is 8.01. The van der Waals surface area contributed by atoms with E-state index in [9.17, 15) is 4.79 Å². The molecule has 4 nitrogen and oxygen atoms in total. The van der Waals surface area contributed by atoms with Gasteiger partial charge < -0.3 is 15.5 Å². The minimum Gasteiger partial charge on any atom is -0.481 e. The molecule has 0 amide bonds. The third kappa shape index (κ3) is 9.30. The maximum atomic E-state index is 10.1. The third-order valence-electron chi connectivity index (χ3n) is 1.86. The van der Waals surface area contributed by atoms with Crippen molar-refractivity contribution in [3.8, 4) is 0 Å². The molecule has 0 saturated carbocycles. The third-order valence-corrected chi connectivity index (χ3v) is 1.86. The zero-order valence-electron chi connectivity index (χ0n) is 8.12. The van der Waals surface area contributed by atoms with E-state index >= 15 is 0 Å². The standard InChI is InChI=1S/C9H19NO3/c1-8(4-6-11)7-10-5-2-3-9(12)13/h8,10-11H,2-7H2,1H3,(H,12,13). The van der Waals surface area contributed by atoms with Crippen LogP contribution in [-0.2, 0) is 4.79 Å². The highest BCUT2D eigenvalue weighted by atomic mass is 16.4. The second-order valence-electron chi connectivity index (χ2n) is 3.32. The summed E-state index contributed by atoms with van der Waals surface area (Å²) in [5, 5.41) is 20.1. The molecule has 0 aliphatic heterocycles. The molecule has 4 heteroatoms. The van der Waals surface area contributed by atoms with Gasteiger partial charge in [0, 0.05) is 13.0 Å². The fourth-order valence-electron chi connectivity index (χ4n) is 1.04.